The number of benzene rings is 1. The summed E-state index contributed by atoms with van der Waals surface area (Å²) in [7, 11) is 0. The normalized spacial score (nSPS) is 15.1. The topological polar surface area (TPSA) is 36.3 Å². The Morgan fingerprint density at radius 3 is 2.55 bits per heavy atom. The van der Waals surface area contributed by atoms with E-state index in [-0.39, 0.29) is 0 Å². The second-order valence-corrected chi connectivity index (χ2v) is 5.84. The second-order valence-electron chi connectivity index (χ2n) is 4.55. The van der Waals surface area contributed by atoms with E-state index in [4.69, 9.17) is 16.3 Å². The lowest BCUT2D eigenvalue weighted by Gasteiger charge is -2.27. The quantitative estimate of drug-likeness (QED) is 0.847. The fourth-order valence-electron chi connectivity index (χ4n) is 2.30. The molecule has 0 saturated carbocycles. The summed E-state index contributed by atoms with van der Waals surface area (Å²) < 4.78 is 5.36. The Balaban J connectivity index is 1.99. The molecule has 0 spiro atoms. The highest BCUT2D eigenvalue weighted by Crippen LogP contribution is 2.37. The highest BCUT2D eigenvalue weighted by Gasteiger charge is 2.20. The fraction of sp³-hybridized carbons (Fsp3) is 0.267. The monoisotopic (exact) mass is 304 g/mol. The predicted molar refractivity (Wildman–Crippen MR) is 82.5 cm³/mol. The van der Waals surface area contributed by atoms with Crippen LogP contribution in [-0.2, 0) is 4.74 Å². The van der Waals surface area contributed by atoms with Gasteiger partial charge >= 0.3 is 0 Å². The number of halogens is 1. The molecule has 1 aromatic carbocycles. The molecule has 20 heavy (non-hydrogen) atoms. The minimum Gasteiger partial charge on any atom is -0.378 e. The summed E-state index contributed by atoms with van der Waals surface area (Å²) in [5.74, 6) is 0. The van der Waals surface area contributed by atoms with Crippen LogP contribution in [0.15, 0.2) is 29.6 Å². The number of nitriles is 1. The van der Waals surface area contributed by atoms with Crippen molar-refractivity contribution < 1.29 is 4.74 Å². The Bertz CT molecular complexity index is 639. The fourth-order valence-corrected chi connectivity index (χ4v) is 3.51. The summed E-state index contributed by atoms with van der Waals surface area (Å²) in [6.45, 7) is 3.13. The number of nitrogens with zero attached hydrogens (tertiary/aromatic N) is 2. The van der Waals surface area contributed by atoms with Gasteiger partial charge in [0.15, 0.2) is 0 Å². The molecule has 1 saturated heterocycles. The number of hydrogen-bond donors (Lipinski definition) is 0. The number of rotatable bonds is 2. The summed E-state index contributed by atoms with van der Waals surface area (Å²) in [5, 5.41) is 13.3. The molecule has 0 aliphatic carbocycles. The van der Waals surface area contributed by atoms with Crippen molar-refractivity contribution in [3.8, 4) is 17.2 Å². The highest BCUT2D eigenvalue weighted by atomic mass is 35.5. The molecule has 1 aromatic heterocycles. The maximum Gasteiger partial charge on any atom is 0.110 e. The van der Waals surface area contributed by atoms with Gasteiger partial charge in [0.2, 0.25) is 0 Å². The van der Waals surface area contributed by atoms with Gasteiger partial charge in [0.1, 0.15) is 11.1 Å². The summed E-state index contributed by atoms with van der Waals surface area (Å²) >= 11 is 7.54. The van der Waals surface area contributed by atoms with Crippen LogP contribution in [0.5, 0.6) is 0 Å². The first kappa shape index (κ1) is 13.4. The Morgan fingerprint density at radius 1 is 1.20 bits per heavy atom. The zero-order valence-electron chi connectivity index (χ0n) is 10.8. The number of ether oxygens (including phenoxy) is 1. The first-order valence-corrected chi connectivity index (χ1v) is 7.65. The molecule has 0 unspecified atom stereocenters. The Labute approximate surface area is 127 Å². The lowest BCUT2D eigenvalue weighted by atomic mass is 10.0. The van der Waals surface area contributed by atoms with Gasteiger partial charge in [0, 0.05) is 29.1 Å². The van der Waals surface area contributed by atoms with Crippen molar-refractivity contribution in [1.82, 2.24) is 0 Å². The molecule has 102 valence electrons. The number of hydrogen-bond acceptors (Lipinski definition) is 4. The van der Waals surface area contributed by atoms with Gasteiger partial charge in [-0.1, -0.05) is 23.7 Å². The maximum absolute atomic E-state index is 9.51. The van der Waals surface area contributed by atoms with E-state index in [9.17, 15) is 5.26 Å². The maximum atomic E-state index is 9.51. The zero-order valence-corrected chi connectivity index (χ0v) is 12.4. The molecule has 1 aliphatic heterocycles. The van der Waals surface area contributed by atoms with E-state index in [1.165, 1.54) is 0 Å². The van der Waals surface area contributed by atoms with Crippen molar-refractivity contribution in [2.75, 3.05) is 31.2 Å². The third-order valence-electron chi connectivity index (χ3n) is 3.34. The lowest BCUT2D eigenvalue weighted by Crippen LogP contribution is -2.36. The van der Waals surface area contributed by atoms with Crippen molar-refractivity contribution in [3.05, 3.63) is 40.2 Å². The minimum atomic E-state index is 0.705. The minimum absolute atomic E-state index is 0.705. The molecular formula is C15H13ClN2OS. The smallest absolute Gasteiger partial charge is 0.110 e. The standard InChI is InChI=1S/C15H13ClN2OS/c16-12-3-1-11(2-4-12)14-10-20-15(13(14)9-17)18-5-7-19-8-6-18/h1-4,10H,5-8H2. The lowest BCUT2D eigenvalue weighted by molar-refractivity contribution is 0.123. The molecule has 0 amide bonds. The van der Waals surface area contributed by atoms with Crippen LogP contribution in [0.3, 0.4) is 0 Å². The number of morpholine rings is 1. The van der Waals surface area contributed by atoms with E-state index < -0.39 is 0 Å². The molecule has 0 bridgehead atoms. The van der Waals surface area contributed by atoms with Crippen molar-refractivity contribution in [1.29, 1.82) is 5.26 Å². The van der Waals surface area contributed by atoms with Gasteiger partial charge in [-0.15, -0.1) is 11.3 Å². The Kier molecular flexibility index (Phi) is 3.93. The summed E-state index contributed by atoms with van der Waals surface area (Å²) in [4.78, 5) is 2.23. The third kappa shape index (κ3) is 2.53. The van der Waals surface area contributed by atoms with Crippen molar-refractivity contribution >= 4 is 27.9 Å². The van der Waals surface area contributed by atoms with Gasteiger partial charge in [-0.2, -0.15) is 5.26 Å². The van der Waals surface area contributed by atoms with E-state index in [2.05, 4.69) is 11.0 Å². The highest BCUT2D eigenvalue weighted by molar-refractivity contribution is 7.15. The van der Waals surface area contributed by atoms with Crippen LogP contribution in [-0.4, -0.2) is 26.3 Å². The molecule has 0 N–H and O–H groups in total. The molecular weight excluding hydrogens is 292 g/mol. The molecule has 3 nitrogen and oxygen atoms in total. The van der Waals surface area contributed by atoms with Gasteiger partial charge in [-0.3, -0.25) is 0 Å². The second kappa shape index (κ2) is 5.84. The number of thiophene rings is 1. The number of anilines is 1. The predicted octanol–water partition coefficient (Wildman–Crippen LogP) is 3.78. The van der Waals surface area contributed by atoms with Crippen LogP contribution in [0.1, 0.15) is 5.56 Å². The van der Waals surface area contributed by atoms with E-state index >= 15 is 0 Å². The van der Waals surface area contributed by atoms with Gasteiger partial charge in [0.05, 0.1) is 18.8 Å². The van der Waals surface area contributed by atoms with Crippen LogP contribution in [0, 0.1) is 11.3 Å². The average molecular weight is 305 g/mol. The van der Waals surface area contributed by atoms with Gasteiger partial charge < -0.3 is 9.64 Å². The summed E-state index contributed by atoms with van der Waals surface area (Å²) in [6.07, 6.45) is 0. The third-order valence-corrected chi connectivity index (χ3v) is 4.63. The van der Waals surface area contributed by atoms with Crippen molar-refractivity contribution in [2.24, 2.45) is 0 Å². The van der Waals surface area contributed by atoms with E-state index in [0.717, 1.165) is 48.0 Å². The van der Waals surface area contributed by atoms with Crippen LogP contribution in [0.4, 0.5) is 5.00 Å². The Hall–Kier alpha value is -1.54. The summed E-state index contributed by atoms with van der Waals surface area (Å²) in [5.41, 5.74) is 2.76. The molecule has 3 rings (SSSR count). The molecule has 2 heterocycles. The van der Waals surface area contributed by atoms with Crippen LogP contribution < -0.4 is 4.90 Å². The van der Waals surface area contributed by atoms with Crippen molar-refractivity contribution in [3.63, 3.8) is 0 Å². The molecule has 1 fully saturated rings. The molecule has 5 heteroatoms. The zero-order chi connectivity index (χ0) is 13.9. The first-order valence-electron chi connectivity index (χ1n) is 6.40. The van der Waals surface area contributed by atoms with Gasteiger partial charge in [0.25, 0.3) is 0 Å². The first-order chi connectivity index (χ1) is 9.79. The Morgan fingerprint density at radius 2 is 1.90 bits per heavy atom. The van der Waals surface area contributed by atoms with Crippen LogP contribution >= 0.6 is 22.9 Å². The van der Waals surface area contributed by atoms with E-state index in [0.29, 0.717) is 5.02 Å². The SMILES string of the molecule is N#Cc1c(-c2ccc(Cl)cc2)csc1N1CCOCC1. The summed E-state index contributed by atoms with van der Waals surface area (Å²) in [6, 6.07) is 9.96. The molecule has 0 atom stereocenters. The van der Waals surface area contributed by atoms with Crippen LogP contribution in [0.25, 0.3) is 11.1 Å². The van der Waals surface area contributed by atoms with Crippen molar-refractivity contribution in [2.45, 2.75) is 0 Å². The molecule has 2 aromatic rings. The van der Waals surface area contributed by atoms with E-state index in [1.807, 2.05) is 29.6 Å². The van der Waals surface area contributed by atoms with Gasteiger partial charge in [-0.05, 0) is 17.7 Å². The molecule has 1 aliphatic rings. The van der Waals surface area contributed by atoms with E-state index in [1.54, 1.807) is 11.3 Å². The largest absolute Gasteiger partial charge is 0.378 e. The molecule has 0 radical (unpaired) electrons. The van der Waals surface area contributed by atoms with Crippen LogP contribution in [0.2, 0.25) is 5.02 Å². The van der Waals surface area contributed by atoms with Gasteiger partial charge in [-0.25, -0.2) is 0 Å². The average Bonchev–Trinajstić information content (AvgIpc) is 2.93.